The van der Waals surface area contributed by atoms with E-state index in [0.717, 1.165) is 22.8 Å². The molecule has 4 unspecified atom stereocenters. The molecule has 0 heterocycles. The molecule has 0 saturated heterocycles. The summed E-state index contributed by atoms with van der Waals surface area (Å²) in [6.07, 6.45) is 0.618. The average Bonchev–Trinajstić information content (AvgIpc) is 2.82. The lowest BCUT2D eigenvalue weighted by molar-refractivity contribution is -0.148. The zero-order valence-electron chi connectivity index (χ0n) is 19.7. The standard InChI is InChI=1S/C26H35NO4S/c1-6-31-25(28)18(3)23(20-11-9-8-10-12-20)17-24(19(4)26(29)32-7-2)27-21-13-15-22(30-5)16-14-21/h8-16,18-19,23-24,27H,6-7,17H2,1-5H3. The quantitative estimate of drug-likeness (QED) is 0.409. The molecule has 0 aromatic heterocycles. The van der Waals surface area contributed by atoms with E-state index < -0.39 is 0 Å². The summed E-state index contributed by atoms with van der Waals surface area (Å²) in [5.74, 6) is 0.635. The van der Waals surface area contributed by atoms with Crippen LogP contribution in [0.1, 0.15) is 45.6 Å². The highest BCUT2D eigenvalue weighted by Crippen LogP contribution is 2.34. The van der Waals surface area contributed by atoms with Crippen molar-refractivity contribution in [3.05, 3.63) is 60.2 Å². The molecule has 2 rings (SSSR count). The number of ether oxygens (including phenoxy) is 2. The molecule has 2 aromatic rings. The zero-order chi connectivity index (χ0) is 23.5. The van der Waals surface area contributed by atoms with Gasteiger partial charge in [0.1, 0.15) is 5.75 Å². The Balaban J connectivity index is 2.36. The van der Waals surface area contributed by atoms with E-state index in [1.165, 1.54) is 11.8 Å². The molecule has 0 aliphatic heterocycles. The van der Waals surface area contributed by atoms with E-state index >= 15 is 0 Å². The van der Waals surface area contributed by atoms with Crippen molar-refractivity contribution >= 4 is 28.5 Å². The van der Waals surface area contributed by atoms with Crippen LogP contribution in [0.15, 0.2) is 54.6 Å². The maximum atomic E-state index is 12.8. The van der Waals surface area contributed by atoms with Crippen molar-refractivity contribution in [2.75, 3.05) is 24.8 Å². The van der Waals surface area contributed by atoms with Crippen LogP contribution < -0.4 is 10.1 Å². The Bertz CT molecular complexity index is 841. The van der Waals surface area contributed by atoms with Gasteiger partial charge in [0.15, 0.2) is 5.12 Å². The summed E-state index contributed by atoms with van der Waals surface area (Å²) < 4.78 is 10.6. The SMILES string of the molecule is CCOC(=O)C(C)C(CC(Nc1ccc(OC)cc1)C(C)C(=O)SCC)c1ccccc1. The van der Waals surface area contributed by atoms with Crippen molar-refractivity contribution in [1.82, 2.24) is 0 Å². The third-order valence-electron chi connectivity index (χ3n) is 5.70. The third kappa shape index (κ3) is 7.30. The van der Waals surface area contributed by atoms with Crippen molar-refractivity contribution in [2.45, 2.75) is 46.1 Å². The molecule has 0 radical (unpaired) electrons. The smallest absolute Gasteiger partial charge is 0.309 e. The van der Waals surface area contributed by atoms with E-state index in [2.05, 4.69) is 5.32 Å². The second kappa shape index (κ2) is 13.2. The van der Waals surface area contributed by atoms with Crippen LogP contribution in [0.3, 0.4) is 0 Å². The molecular formula is C26H35NO4S. The Morgan fingerprint density at radius 2 is 1.62 bits per heavy atom. The Kier molecular flexibility index (Phi) is 10.6. The number of hydrogen-bond donors (Lipinski definition) is 1. The summed E-state index contributed by atoms with van der Waals surface area (Å²) in [6.45, 7) is 8.02. The van der Waals surface area contributed by atoms with Crippen molar-refractivity contribution in [1.29, 1.82) is 0 Å². The third-order valence-corrected chi connectivity index (χ3v) is 6.65. The fraction of sp³-hybridized carbons (Fsp3) is 0.462. The van der Waals surface area contributed by atoms with Gasteiger partial charge in [0.05, 0.1) is 19.6 Å². The highest BCUT2D eigenvalue weighted by Gasteiger charge is 2.33. The van der Waals surface area contributed by atoms with Gasteiger partial charge in [0, 0.05) is 17.6 Å². The highest BCUT2D eigenvalue weighted by atomic mass is 32.2. The first-order valence-electron chi connectivity index (χ1n) is 11.2. The zero-order valence-corrected chi connectivity index (χ0v) is 20.5. The van der Waals surface area contributed by atoms with Crippen molar-refractivity contribution in [3.8, 4) is 5.75 Å². The summed E-state index contributed by atoms with van der Waals surface area (Å²) in [5.41, 5.74) is 1.98. The molecule has 0 spiro atoms. The molecule has 0 fully saturated rings. The summed E-state index contributed by atoms with van der Waals surface area (Å²) >= 11 is 1.34. The summed E-state index contributed by atoms with van der Waals surface area (Å²) in [5, 5.41) is 3.70. The van der Waals surface area contributed by atoms with Gasteiger partial charge in [0.2, 0.25) is 0 Å². The molecule has 1 N–H and O–H groups in total. The van der Waals surface area contributed by atoms with Crippen LogP contribution >= 0.6 is 11.8 Å². The van der Waals surface area contributed by atoms with Crippen LogP contribution in [0.5, 0.6) is 5.75 Å². The Morgan fingerprint density at radius 3 is 2.19 bits per heavy atom. The first kappa shape index (κ1) is 25.8. The summed E-state index contributed by atoms with van der Waals surface area (Å²) in [6, 6.07) is 17.5. The van der Waals surface area contributed by atoms with Crippen LogP contribution in [0.2, 0.25) is 0 Å². The summed E-state index contributed by atoms with van der Waals surface area (Å²) in [7, 11) is 1.63. The minimum atomic E-state index is -0.335. The number of hydrogen-bond acceptors (Lipinski definition) is 6. The minimum Gasteiger partial charge on any atom is -0.497 e. The van der Waals surface area contributed by atoms with Gasteiger partial charge in [-0.05, 0) is 54.8 Å². The Labute approximate surface area is 196 Å². The molecule has 0 bridgehead atoms. The second-order valence-electron chi connectivity index (χ2n) is 7.81. The molecule has 32 heavy (non-hydrogen) atoms. The molecule has 174 valence electrons. The van der Waals surface area contributed by atoms with Crippen LogP contribution in [-0.4, -0.2) is 36.6 Å². The number of methoxy groups -OCH3 is 1. The number of carbonyl (C=O) groups excluding carboxylic acids is 2. The van der Waals surface area contributed by atoms with Gasteiger partial charge in [-0.15, -0.1) is 0 Å². The average molecular weight is 458 g/mol. The normalized spacial score (nSPS) is 14.7. The van der Waals surface area contributed by atoms with E-state index in [1.54, 1.807) is 7.11 Å². The predicted octanol–water partition coefficient (Wildman–Crippen LogP) is 5.76. The van der Waals surface area contributed by atoms with E-state index in [0.29, 0.717) is 13.0 Å². The number of anilines is 1. The summed E-state index contributed by atoms with van der Waals surface area (Å²) in [4.78, 5) is 25.5. The Morgan fingerprint density at radius 1 is 0.969 bits per heavy atom. The fourth-order valence-corrected chi connectivity index (χ4v) is 4.48. The number of thioether (sulfide) groups is 1. The number of nitrogens with one attached hydrogen (secondary N) is 1. The molecule has 0 aliphatic carbocycles. The minimum absolute atomic E-state index is 0.0899. The van der Waals surface area contributed by atoms with Crippen LogP contribution in [0.25, 0.3) is 0 Å². The highest BCUT2D eigenvalue weighted by molar-refractivity contribution is 8.13. The van der Waals surface area contributed by atoms with Gasteiger partial charge in [-0.2, -0.15) is 0 Å². The van der Waals surface area contributed by atoms with Gasteiger partial charge in [-0.1, -0.05) is 62.9 Å². The largest absolute Gasteiger partial charge is 0.497 e. The van der Waals surface area contributed by atoms with Gasteiger partial charge in [-0.25, -0.2) is 0 Å². The van der Waals surface area contributed by atoms with Gasteiger partial charge >= 0.3 is 5.97 Å². The van der Waals surface area contributed by atoms with E-state index in [9.17, 15) is 9.59 Å². The van der Waals surface area contributed by atoms with Crippen molar-refractivity contribution in [2.24, 2.45) is 11.8 Å². The second-order valence-corrected chi connectivity index (χ2v) is 9.08. The molecule has 0 amide bonds. The Hall–Kier alpha value is -2.47. The number of carbonyl (C=O) groups is 2. The molecule has 5 nitrogen and oxygen atoms in total. The molecule has 0 aliphatic rings. The van der Waals surface area contributed by atoms with Crippen LogP contribution in [-0.2, 0) is 14.3 Å². The first-order chi connectivity index (χ1) is 15.4. The lowest BCUT2D eigenvalue weighted by Gasteiger charge is -2.31. The van der Waals surface area contributed by atoms with Crippen LogP contribution in [0, 0.1) is 11.8 Å². The molecule has 6 heteroatoms. The predicted molar refractivity (Wildman–Crippen MR) is 132 cm³/mol. The fourth-order valence-electron chi connectivity index (χ4n) is 3.77. The number of benzene rings is 2. The first-order valence-corrected chi connectivity index (χ1v) is 12.2. The maximum Gasteiger partial charge on any atom is 0.309 e. The number of esters is 1. The number of rotatable bonds is 12. The monoisotopic (exact) mass is 457 g/mol. The van der Waals surface area contributed by atoms with E-state index in [-0.39, 0.29) is 34.9 Å². The van der Waals surface area contributed by atoms with Gasteiger partial charge in [-0.3, -0.25) is 9.59 Å². The lowest BCUT2D eigenvalue weighted by atomic mass is 9.80. The molecule has 2 aromatic carbocycles. The van der Waals surface area contributed by atoms with Crippen molar-refractivity contribution < 1.29 is 19.1 Å². The maximum absolute atomic E-state index is 12.8. The molecule has 4 atom stereocenters. The van der Waals surface area contributed by atoms with Gasteiger partial charge < -0.3 is 14.8 Å². The van der Waals surface area contributed by atoms with E-state index in [4.69, 9.17) is 9.47 Å². The topological polar surface area (TPSA) is 64.6 Å². The molecule has 0 saturated carbocycles. The molecular weight excluding hydrogens is 422 g/mol. The van der Waals surface area contributed by atoms with Crippen LogP contribution in [0.4, 0.5) is 5.69 Å². The van der Waals surface area contributed by atoms with E-state index in [1.807, 2.05) is 82.3 Å². The van der Waals surface area contributed by atoms with Crippen molar-refractivity contribution in [3.63, 3.8) is 0 Å². The lowest BCUT2D eigenvalue weighted by Crippen LogP contribution is -2.35. The van der Waals surface area contributed by atoms with Gasteiger partial charge in [0.25, 0.3) is 0 Å².